The molecule has 0 saturated heterocycles. The molecule has 0 spiro atoms. The molecule has 1 heterocycles. The van der Waals surface area contributed by atoms with Gasteiger partial charge in [-0.1, -0.05) is 6.92 Å². The zero-order valence-corrected chi connectivity index (χ0v) is 10.8. The molecule has 0 aliphatic rings. The molecule has 0 aromatic carbocycles. The number of pyridine rings is 1. The largest absolute Gasteiger partial charge is 0.433 e. The summed E-state index contributed by atoms with van der Waals surface area (Å²) in [4.78, 5) is 3.39. The maximum absolute atomic E-state index is 12.4. The van der Waals surface area contributed by atoms with Gasteiger partial charge in [0.1, 0.15) is 5.69 Å². The van der Waals surface area contributed by atoms with E-state index < -0.39 is 11.9 Å². The molecule has 1 aromatic heterocycles. The number of alkyl halides is 3. The van der Waals surface area contributed by atoms with E-state index in [0.29, 0.717) is 10.9 Å². The Bertz CT molecular complexity index is 457. The van der Waals surface area contributed by atoms with Crippen molar-refractivity contribution in [1.82, 2.24) is 4.98 Å². The highest BCUT2D eigenvalue weighted by Gasteiger charge is 2.32. The molecule has 0 atom stereocenters. The van der Waals surface area contributed by atoms with Crippen molar-refractivity contribution < 1.29 is 17.7 Å². The number of hydrogen-bond acceptors (Lipinski definition) is 1. The van der Waals surface area contributed by atoms with Crippen LogP contribution >= 0.6 is 11.6 Å². The molecule has 0 aliphatic heterocycles. The first-order chi connectivity index (χ1) is 8.36. The fourth-order valence-electron chi connectivity index (χ4n) is 1.27. The summed E-state index contributed by atoms with van der Waals surface area (Å²) in [6, 6.07) is 2.27. The van der Waals surface area contributed by atoms with Gasteiger partial charge in [0, 0.05) is 13.0 Å². The van der Waals surface area contributed by atoms with Crippen molar-refractivity contribution in [1.29, 1.82) is 0 Å². The van der Waals surface area contributed by atoms with Gasteiger partial charge in [-0.25, -0.2) is 4.98 Å². The van der Waals surface area contributed by atoms with Gasteiger partial charge >= 0.3 is 6.18 Å². The third-order valence-electron chi connectivity index (χ3n) is 2.14. The lowest BCUT2D eigenvalue weighted by Crippen LogP contribution is -2.09. The highest BCUT2D eigenvalue weighted by molar-refractivity contribution is 6.63. The number of hydrogen-bond donors (Lipinski definition) is 0. The van der Waals surface area contributed by atoms with E-state index in [0.717, 1.165) is 18.7 Å². The van der Waals surface area contributed by atoms with Crippen LogP contribution in [0.4, 0.5) is 18.9 Å². The van der Waals surface area contributed by atoms with Crippen LogP contribution in [0.25, 0.3) is 0 Å². The van der Waals surface area contributed by atoms with Gasteiger partial charge < -0.3 is 0 Å². The molecule has 98 valence electrons. The van der Waals surface area contributed by atoms with E-state index in [4.69, 9.17) is 11.6 Å². The topological polar surface area (TPSA) is 15.9 Å². The number of nitrogens with zero attached hydrogens (tertiary/aromatic N) is 2. The van der Waals surface area contributed by atoms with Crippen molar-refractivity contribution in [2.24, 2.45) is 0 Å². The maximum Gasteiger partial charge on any atom is 0.433 e. The first kappa shape index (κ1) is 14.7. The third kappa shape index (κ3) is 3.84. The molecule has 1 aromatic rings. The van der Waals surface area contributed by atoms with Crippen molar-refractivity contribution in [3.8, 4) is 0 Å². The highest BCUT2D eigenvalue weighted by atomic mass is 35.5. The van der Waals surface area contributed by atoms with Gasteiger partial charge in [-0.05, 0) is 30.2 Å². The standard InChI is InChI=1S/C12H13ClF3N2/c1-3-4-7-18(9(2)13)10-5-6-11(17-8-10)12(14,15)16/h4-8H,3H2,1-2H3/q+1/b7-4-,18-9?. The molecule has 0 bridgehead atoms. The summed E-state index contributed by atoms with van der Waals surface area (Å²) >= 11 is 5.89. The molecule has 6 heteroatoms. The van der Waals surface area contributed by atoms with Gasteiger partial charge in [-0.15, -0.1) is 0 Å². The lowest BCUT2D eigenvalue weighted by Gasteiger charge is -2.04. The molecule has 1 rings (SSSR count). The van der Waals surface area contributed by atoms with E-state index in [2.05, 4.69) is 4.98 Å². The summed E-state index contributed by atoms with van der Waals surface area (Å²) in [6.07, 6.45) is 1.07. The van der Waals surface area contributed by atoms with Crippen LogP contribution in [0.5, 0.6) is 0 Å². The zero-order chi connectivity index (χ0) is 13.8. The van der Waals surface area contributed by atoms with Crippen LogP contribution in [0.15, 0.2) is 30.6 Å². The molecular formula is C12H13ClF3N2+. The summed E-state index contributed by atoms with van der Waals surface area (Å²) in [7, 11) is 0. The Labute approximate surface area is 108 Å². The Morgan fingerprint density at radius 1 is 1.44 bits per heavy atom. The lowest BCUT2D eigenvalue weighted by atomic mass is 10.3. The van der Waals surface area contributed by atoms with E-state index in [1.807, 2.05) is 13.0 Å². The van der Waals surface area contributed by atoms with E-state index in [1.54, 1.807) is 17.7 Å². The molecule has 0 radical (unpaired) electrons. The van der Waals surface area contributed by atoms with E-state index in [-0.39, 0.29) is 0 Å². The maximum atomic E-state index is 12.4. The number of rotatable bonds is 3. The van der Waals surface area contributed by atoms with Gasteiger partial charge in [0.2, 0.25) is 5.69 Å². The van der Waals surface area contributed by atoms with Gasteiger partial charge in [0.05, 0.1) is 6.20 Å². The van der Waals surface area contributed by atoms with Gasteiger partial charge in [-0.2, -0.15) is 17.7 Å². The van der Waals surface area contributed by atoms with E-state index in [9.17, 15) is 13.2 Å². The van der Waals surface area contributed by atoms with Crippen LogP contribution in [0.3, 0.4) is 0 Å². The van der Waals surface area contributed by atoms with Crippen molar-refractivity contribution in [2.45, 2.75) is 26.4 Å². The predicted octanol–water partition coefficient (Wildman–Crippen LogP) is 4.33. The zero-order valence-electron chi connectivity index (χ0n) is 10.0. The van der Waals surface area contributed by atoms with Gasteiger partial charge in [-0.3, -0.25) is 0 Å². The Morgan fingerprint density at radius 3 is 2.50 bits per heavy atom. The van der Waals surface area contributed by atoms with E-state index >= 15 is 0 Å². The molecular weight excluding hydrogens is 265 g/mol. The highest BCUT2D eigenvalue weighted by Crippen LogP contribution is 2.28. The second-order valence-corrected chi connectivity index (χ2v) is 4.11. The fraction of sp³-hybridized carbons (Fsp3) is 0.333. The average Bonchev–Trinajstić information content (AvgIpc) is 2.28. The molecule has 0 N–H and O–H groups in total. The summed E-state index contributed by atoms with van der Waals surface area (Å²) < 4.78 is 38.6. The predicted molar refractivity (Wildman–Crippen MR) is 65.1 cm³/mol. The van der Waals surface area contributed by atoms with Gasteiger partial charge in [0.25, 0.3) is 5.17 Å². The van der Waals surface area contributed by atoms with Crippen LogP contribution < -0.4 is 0 Å². The second-order valence-electron chi connectivity index (χ2n) is 3.56. The van der Waals surface area contributed by atoms with Crippen LogP contribution in [0, 0.1) is 0 Å². The second kappa shape index (κ2) is 6.00. The monoisotopic (exact) mass is 277 g/mol. The summed E-state index contributed by atoms with van der Waals surface area (Å²) in [5, 5.41) is 0.432. The van der Waals surface area contributed by atoms with Crippen molar-refractivity contribution >= 4 is 22.5 Å². The summed E-state index contributed by atoms with van der Waals surface area (Å²) in [5.74, 6) is 0. The number of allylic oxidation sites excluding steroid dienone is 1. The molecule has 0 saturated carbocycles. The first-order valence-electron chi connectivity index (χ1n) is 5.34. The smallest absolute Gasteiger partial charge is 0.245 e. The number of aromatic nitrogens is 1. The molecule has 0 amide bonds. The molecule has 2 nitrogen and oxygen atoms in total. The van der Waals surface area contributed by atoms with Crippen molar-refractivity contribution in [3.63, 3.8) is 0 Å². The lowest BCUT2D eigenvalue weighted by molar-refractivity contribution is -0.358. The van der Waals surface area contributed by atoms with Crippen LogP contribution in [0.1, 0.15) is 26.0 Å². The van der Waals surface area contributed by atoms with E-state index in [1.165, 1.54) is 6.07 Å². The Balaban J connectivity index is 3.10. The Kier molecular flexibility index (Phi) is 4.90. The summed E-state index contributed by atoms with van der Waals surface area (Å²) in [5.41, 5.74) is -0.432. The molecule has 0 aliphatic carbocycles. The van der Waals surface area contributed by atoms with Crippen molar-refractivity contribution in [2.75, 3.05) is 0 Å². The minimum Gasteiger partial charge on any atom is -0.245 e. The van der Waals surface area contributed by atoms with Crippen molar-refractivity contribution in [3.05, 3.63) is 36.3 Å². The Morgan fingerprint density at radius 2 is 2.11 bits per heavy atom. The van der Waals surface area contributed by atoms with Crippen LogP contribution in [0.2, 0.25) is 0 Å². The van der Waals surface area contributed by atoms with Crippen LogP contribution in [-0.2, 0) is 6.18 Å². The minimum absolute atomic E-state index is 0.432. The number of halogens is 4. The molecule has 0 unspecified atom stereocenters. The molecule has 0 fully saturated rings. The minimum atomic E-state index is -4.43. The Hall–Kier alpha value is -1.36. The summed E-state index contributed by atoms with van der Waals surface area (Å²) in [6.45, 7) is 3.60. The third-order valence-corrected chi connectivity index (χ3v) is 2.32. The van der Waals surface area contributed by atoms with Gasteiger partial charge in [0.15, 0.2) is 6.20 Å². The normalized spacial score (nSPS) is 13.9. The quantitative estimate of drug-likeness (QED) is 0.593. The average molecular weight is 278 g/mol. The first-order valence-corrected chi connectivity index (χ1v) is 5.72. The van der Waals surface area contributed by atoms with Crippen LogP contribution in [-0.4, -0.2) is 14.7 Å². The SMILES string of the molecule is CC/C=C\[N+](=C(C)Cl)c1ccc(C(F)(F)F)nc1. The fourth-order valence-corrected chi connectivity index (χ4v) is 1.43. The molecule has 18 heavy (non-hydrogen) atoms.